The van der Waals surface area contributed by atoms with Crippen molar-refractivity contribution in [3.63, 3.8) is 0 Å². The number of halogens is 2. The molecule has 3 heterocycles. The Balaban J connectivity index is 1.47. The van der Waals surface area contributed by atoms with Crippen molar-refractivity contribution in [1.29, 1.82) is 0 Å². The van der Waals surface area contributed by atoms with Crippen LogP contribution in [0, 0.1) is 5.82 Å². The Labute approximate surface area is 190 Å². The number of hydrogen-bond donors (Lipinski definition) is 2. The molecule has 1 saturated heterocycles. The largest absolute Gasteiger partial charge is 0.378 e. The van der Waals surface area contributed by atoms with Crippen LogP contribution in [0.5, 0.6) is 0 Å². The third kappa shape index (κ3) is 4.54. The molecule has 0 atom stereocenters. The Bertz CT molecular complexity index is 1240. The fourth-order valence-corrected chi connectivity index (χ4v) is 4.17. The molecule has 0 aliphatic carbocycles. The van der Waals surface area contributed by atoms with Crippen molar-refractivity contribution in [1.82, 2.24) is 15.0 Å². The van der Waals surface area contributed by atoms with Gasteiger partial charge in [-0.15, -0.1) is 0 Å². The molecule has 2 N–H and O–H groups in total. The normalized spacial score (nSPS) is 14.1. The Kier molecular flexibility index (Phi) is 5.92. The third-order valence-corrected chi connectivity index (χ3v) is 5.78. The van der Waals surface area contributed by atoms with E-state index in [2.05, 4.69) is 15.2 Å². The topological polar surface area (TPSA) is 66.1 Å². The fraction of sp³-hybridized carbons (Fsp3) is 0.250. The van der Waals surface area contributed by atoms with Crippen molar-refractivity contribution >= 4 is 34.3 Å². The van der Waals surface area contributed by atoms with Crippen LogP contribution in [0.25, 0.3) is 22.2 Å². The second kappa shape index (κ2) is 9.14. The van der Waals surface area contributed by atoms with Gasteiger partial charge in [0.25, 0.3) is 0 Å². The first-order chi connectivity index (χ1) is 15.7. The number of nitrogens with one attached hydrogen (secondary N) is 2. The van der Waals surface area contributed by atoms with E-state index in [-0.39, 0.29) is 5.82 Å². The van der Waals surface area contributed by atoms with E-state index in [1.807, 2.05) is 42.6 Å². The summed E-state index contributed by atoms with van der Waals surface area (Å²) in [7, 11) is 0. The lowest BCUT2D eigenvalue weighted by atomic mass is 10.1. The summed E-state index contributed by atoms with van der Waals surface area (Å²) in [5, 5.41) is 4.97. The van der Waals surface area contributed by atoms with E-state index < -0.39 is 0 Å². The number of ether oxygens (including phenoxy) is 1. The number of benzene rings is 2. The van der Waals surface area contributed by atoms with Crippen LogP contribution in [0.1, 0.15) is 5.56 Å². The van der Waals surface area contributed by atoms with Crippen LogP contribution in [-0.2, 0) is 11.2 Å². The summed E-state index contributed by atoms with van der Waals surface area (Å²) in [6.07, 6.45) is 2.59. The predicted octanol–water partition coefficient (Wildman–Crippen LogP) is 4.91. The maximum atomic E-state index is 14.3. The minimum absolute atomic E-state index is 0.308. The lowest BCUT2D eigenvalue weighted by molar-refractivity contribution is 0.122. The Morgan fingerprint density at radius 3 is 2.81 bits per heavy atom. The molecule has 1 aliphatic heterocycles. The van der Waals surface area contributed by atoms with Crippen LogP contribution in [0.2, 0.25) is 5.02 Å². The predicted molar refractivity (Wildman–Crippen MR) is 126 cm³/mol. The molecule has 164 valence electrons. The van der Waals surface area contributed by atoms with Gasteiger partial charge in [0.1, 0.15) is 11.6 Å². The maximum Gasteiger partial charge on any atom is 0.225 e. The highest BCUT2D eigenvalue weighted by Crippen LogP contribution is 2.31. The molecule has 1 fully saturated rings. The molecular formula is C24H23ClFN5O. The first-order valence-corrected chi connectivity index (χ1v) is 11.0. The molecule has 0 unspecified atom stereocenters. The molecule has 1 aliphatic rings. The maximum absolute atomic E-state index is 14.3. The fourth-order valence-electron chi connectivity index (χ4n) is 3.96. The third-order valence-electron chi connectivity index (χ3n) is 5.54. The van der Waals surface area contributed by atoms with Crippen molar-refractivity contribution < 1.29 is 9.13 Å². The summed E-state index contributed by atoms with van der Waals surface area (Å²) in [5.74, 6) is 1.01. The number of fused-ring (bicyclic) bond motifs is 1. The van der Waals surface area contributed by atoms with Gasteiger partial charge in [-0.3, -0.25) is 0 Å². The van der Waals surface area contributed by atoms with Crippen molar-refractivity contribution in [3.05, 3.63) is 71.1 Å². The SMILES string of the molecule is Fc1cc(-c2cc(N3CCOCC3)nc(NCCc3cccc(Cl)c3)n2)c2cc[nH]c2c1. The zero-order valence-electron chi connectivity index (χ0n) is 17.4. The van der Waals surface area contributed by atoms with Gasteiger partial charge in [0, 0.05) is 53.4 Å². The number of anilines is 2. The van der Waals surface area contributed by atoms with E-state index in [1.54, 1.807) is 0 Å². The zero-order valence-corrected chi connectivity index (χ0v) is 18.2. The van der Waals surface area contributed by atoms with E-state index >= 15 is 0 Å². The molecule has 0 saturated carbocycles. The number of H-pyrrole nitrogens is 1. The van der Waals surface area contributed by atoms with E-state index in [4.69, 9.17) is 26.3 Å². The Morgan fingerprint density at radius 2 is 1.97 bits per heavy atom. The number of rotatable bonds is 6. The van der Waals surface area contributed by atoms with Crippen LogP contribution < -0.4 is 10.2 Å². The van der Waals surface area contributed by atoms with Crippen molar-refractivity contribution in [3.8, 4) is 11.3 Å². The van der Waals surface area contributed by atoms with Gasteiger partial charge < -0.3 is 19.9 Å². The molecule has 0 amide bonds. The van der Waals surface area contributed by atoms with E-state index in [0.29, 0.717) is 31.4 Å². The zero-order chi connectivity index (χ0) is 21.9. The summed E-state index contributed by atoms with van der Waals surface area (Å²) < 4.78 is 19.8. The Hall–Kier alpha value is -3.16. The quantitative estimate of drug-likeness (QED) is 0.436. The second-order valence-electron chi connectivity index (χ2n) is 7.73. The molecule has 2 aromatic carbocycles. The number of aromatic amines is 1. The van der Waals surface area contributed by atoms with Gasteiger partial charge in [-0.2, -0.15) is 4.98 Å². The summed E-state index contributed by atoms with van der Waals surface area (Å²) in [4.78, 5) is 14.7. The van der Waals surface area contributed by atoms with Gasteiger partial charge in [-0.1, -0.05) is 23.7 Å². The minimum Gasteiger partial charge on any atom is -0.378 e. The van der Waals surface area contributed by atoms with Gasteiger partial charge in [0.05, 0.1) is 18.9 Å². The van der Waals surface area contributed by atoms with Gasteiger partial charge in [-0.25, -0.2) is 9.37 Å². The van der Waals surface area contributed by atoms with Gasteiger partial charge in [-0.05, 0) is 42.3 Å². The van der Waals surface area contributed by atoms with Crippen molar-refractivity contribution in [2.75, 3.05) is 43.1 Å². The van der Waals surface area contributed by atoms with Crippen LogP contribution >= 0.6 is 11.6 Å². The average molecular weight is 452 g/mol. The molecular weight excluding hydrogens is 429 g/mol. The summed E-state index contributed by atoms with van der Waals surface area (Å²) in [6, 6.07) is 14.7. The molecule has 0 spiro atoms. The molecule has 5 rings (SSSR count). The highest BCUT2D eigenvalue weighted by atomic mass is 35.5. The smallest absolute Gasteiger partial charge is 0.225 e. The lowest BCUT2D eigenvalue weighted by Crippen LogP contribution is -2.37. The summed E-state index contributed by atoms with van der Waals surface area (Å²) in [6.45, 7) is 3.45. The number of morpholine rings is 1. The van der Waals surface area contributed by atoms with E-state index in [0.717, 1.165) is 52.4 Å². The molecule has 0 radical (unpaired) electrons. The van der Waals surface area contributed by atoms with Gasteiger partial charge >= 0.3 is 0 Å². The minimum atomic E-state index is -0.308. The highest BCUT2D eigenvalue weighted by molar-refractivity contribution is 6.30. The van der Waals surface area contributed by atoms with Crippen LogP contribution in [-0.4, -0.2) is 47.8 Å². The molecule has 32 heavy (non-hydrogen) atoms. The summed E-state index contributed by atoms with van der Waals surface area (Å²) in [5.41, 5.74) is 3.28. The first kappa shape index (κ1) is 20.7. The van der Waals surface area contributed by atoms with Gasteiger partial charge in [0.15, 0.2) is 0 Å². The monoisotopic (exact) mass is 451 g/mol. The number of aromatic nitrogens is 3. The lowest BCUT2D eigenvalue weighted by Gasteiger charge is -2.28. The van der Waals surface area contributed by atoms with Crippen molar-refractivity contribution in [2.24, 2.45) is 0 Å². The van der Waals surface area contributed by atoms with Crippen molar-refractivity contribution in [2.45, 2.75) is 6.42 Å². The van der Waals surface area contributed by atoms with Crippen LogP contribution in [0.15, 0.2) is 54.7 Å². The number of nitrogens with zero attached hydrogens (tertiary/aromatic N) is 3. The van der Waals surface area contributed by atoms with E-state index in [1.165, 1.54) is 12.1 Å². The molecule has 6 nitrogen and oxygen atoms in total. The molecule has 4 aromatic rings. The molecule has 2 aromatic heterocycles. The van der Waals surface area contributed by atoms with E-state index in [9.17, 15) is 4.39 Å². The second-order valence-corrected chi connectivity index (χ2v) is 8.17. The first-order valence-electron chi connectivity index (χ1n) is 10.6. The molecule has 0 bridgehead atoms. The van der Waals surface area contributed by atoms with Crippen LogP contribution in [0.4, 0.5) is 16.2 Å². The molecule has 8 heteroatoms. The Morgan fingerprint density at radius 1 is 1.09 bits per heavy atom. The van der Waals surface area contributed by atoms with Crippen LogP contribution in [0.3, 0.4) is 0 Å². The average Bonchev–Trinajstić information content (AvgIpc) is 3.27. The van der Waals surface area contributed by atoms with Gasteiger partial charge in [0.2, 0.25) is 5.95 Å². The summed E-state index contributed by atoms with van der Waals surface area (Å²) >= 11 is 6.09. The number of hydrogen-bond acceptors (Lipinski definition) is 5. The standard InChI is InChI=1S/C24H23ClFN5O/c25-17-3-1-2-16(12-17)4-6-28-24-29-22(15-23(30-24)31-8-10-32-11-9-31)20-13-18(26)14-21-19(20)5-7-27-21/h1-3,5,7,12-15,27H,4,6,8-11H2,(H,28,29,30). The highest BCUT2D eigenvalue weighted by Gasteiger charge is 2.17.